The zero-order valence-electron chi connectivity index (χ0n) is 6.80. The van der Waals surface area contributed by atoms with E-state index in [0.717, 1.165) is 12.8 Å². The van der Waals surface area contributed by atoms with E-state index < -0.39 is 0 Å². The van der Waals surface area contributed by atoms with Crippen LogP contribution >= 0.6 is 0 Å². The third-order valence-electron chi connectivity index (χ3n) is 1.61. The predicted octanol–water partition coefficient (Wildman–Crippen LogP) is 1.82. The second-order valence-electron chi connectivity index (χ2n) is 2.38. The summed E-state index contributed by atoms with van der Waals surface area (Å²) < 4.78 is 0. The van der Waals surface area contributed by atoms with Crippen molar-refractivity contribution in [3.63, 3.8) is 0 Å². The van der Waals surface area contributed by atoms with Gasteiger partial charge in [0.05, 0.1) is 5.76 Å². The normalized spacial score (nSPS) is 15.3. The van der Waals surface area contributed by atoms with Crippen molar-refractivity contribution in [3.8, 4) is 0 Å². The van der Waals surface area contributed by atoms with Crippen molar-refractivity contribution in [2.45, 2.75) is 26.7 Å². The molecule has 0 bridgehead atoms. The van der Waals surface area contributed by atoms with Crippen LogP contribution in [0.2, 0.25) is 0 Å². The standard InChI is InChI=1S/C8H17NO/c1-3-5-8(10)7(4-2)6-9/h5,7,10H,3-4,6,9H2,1-2H3/b8-5+. The SMILES string of the molecule is CC/C=C(/O)C(CC)CN. The zero-order valence-corrected chi connectivity index (χ0v) is 6.80. The molecule has 0 saturated carbocycles. The zero-order chi connectivity index (χ0) is 7.98. The Bertz CT molecular complexity index is 106. The smallest absolute Gasteiger partial charge is 0.0926 e. The van der Waals surface area contributed by atoms with Gasteiger partial charge in [0, 0.05) is 12.5 Å². The van der Waals surface area contributed by atoms with Gasteiger partial charge in [0.25, 0.3) is 0 Å². The van der Waals surface area contributed by atoms with Gasteiger partial charge in [0.1, 0.15) is 0 Å². The molecule has 0 rings (SSSR count). The molecule has 0 saturated heterocycles. The fraction of sp³-hybridized carbons (Fsp3) is 0.750. The van der Waals surface area contributed by atoms with Gasteiger partial charge in [-0.05, 0) is 18.9 Å². The number of hydrogen-bond donors (Lipinski definition) is 2. The summed E-state index contributed by atoms with van der Waals surface area (Å²) in [4.78, 5) is 0. The number of rotatable bonds is 4. The Balaban J connectivity index is 3.87. The van der Waals surface area contributed by atoms with Crippen molar-refractivity contribution in [1.29, 1.82) is 0 Å². The molecular formula is C8H17NO. The lowest BCUT2D eigenvalue weighted by Gasteiger charge is -2.10. The van der Waals surface area contributed by atoms with Gasteiger partial charge >= 0.3 is 0 Å². The molecule has 0 amide bonds. The summed E-state index contributed by atoms with van der Waals surface area (Å²) in [6.45, 7) is 4.57. The van der Waals surface area contributed by atoms with Crippen LogP contribution in [-0.4, -0.2) is 11.7 Å². The highest BCUT2D eigenvalue weighted by Crippen LogP contribution is 2.10. The molecule has 10 heavy (non-hydrogen) atoms. The number of allylic oxidation sites excluding steroid dienone is 1. The molecule has 2 heteroatoms. The van der Waals surface area contributed by atoms with Crippen LogP contribution in [-0.2, 0) is 0 Å². The average molecular weight is 143 g/mol. The van der Waals surface area contributed by atoms with Crippen LogP contribution in [0.25, 0.3) is 0 Å². The minimum Gasteiger partial charge on any atom is -0.512 e. The van der Waals surface area contributed by atoms with Crippen molar-refractivity contribution < 1.29 is 5.11 Å². The largest absolute Gasteiger partial charge is 0.512 e. The maximum absolute atomic E-state index is 9.29. The highest BCUT2D eigenvalue weighted by molar-refractivity contribution is 4.96. The van der Waals surface area contributed by atoms with E-state index >= 15 is 0 Å². The Hall–Kier alpha value is -0.500. The molecule has 0 heterocycles. The highest BCUT2D eigenvalue weighted by atomic mass is 16.3. The van der Waals surface area contributed by atoms with Crippen LogP contribution in [0.3, 0.4) is 0 Å². The quantitative estimate of drug-likeness (QED) is 0.590. The Morgan fingerprint density at radius 3 is 2.50 bits per heavy atom. The van der Waals surface area contributed by atoms with Crippen LogP contribution in [0.1, 0.15) is 26.7 Å². The molecule has 0 aromatic carbocycles. The molecule has 0 aromatic rings. The van der Waals surface area contributed by atoms with Gasteiger partial charge in [0.15, 0.2) is 0 Å². The minimum absolute atomic E-state index is 0.167. The summed E-state index contributed by atoms with van der Waals surface area (Å²) in [6.07, 6.45) is 3.61. The number of hydrogen-bond acceptors (Lipinski definition) is 2. The molecular weight excluding hydrogens is 126 g/mol. The maximum atomic E-state index is 9.29. The molecule has 1 unspecified atom stereocenters. The molecule has 1 atom stereocenters. The first kappa shape index (κ1) is 9.50. The van der Waals surface area contributed by atoms with Gasteiger partial charge in [-0.15, -0.1) is 0 Å². The molecule has 0 fully saturated rings. The van der Waals surface area contributed by atoms with Crippen molar-refractivity contribution >= 4 is 0 Å². The molecule has 0 spiro atoms. The van der Waals surface area contributed by atoms with Gasteiger partial charge < -0.3 is 10.8 Å². The molecule has 2 nitrogen and oxygen atoms in total. The second kappa shape index (κ2) is 5.30. The highest BCUT2D eigenvalue weighted by Gasteiger charge is 2.06. The molecule has 0 aromatic heterocycles. The molecule has 0 radical (unpaired) electrons. The van der Waals surface area contributed by atoms with Gasteiger partial charge in [-0.1, -0.05) is 13.8 Å². The van der Waals surface area contributed by atoms with Crippen LogP contribution in [0.15, 0.2) is 11.8 Å². The topological polar surface area (TPSA) is 46.2 Å². The summed E-state index contributed by atoms with van der Waals surface area (Å²) in [6, 6.07) is 0. The molecule has 0 aliphatic heterocycles. The molecule has 0 aliphatic rings. The number of aliphatic hydroxyl groups excluding tert-OH is 1. The van der Waals surface area contributed by atoms with E-state index in [9.17, 15) is 5.11 Å². The van der Waals surface area contributed by atoms with Crippen molar-refractivity contribution in [2.75, 3.05) is 6.54 Å². The van der Waals surface area contributed by atoms with Crippen LogP contribution < -0.4 is 5.73 Å². The van der Waals surface area contributed by atoms with Crippen molar-refractivity contribution in [1.82, 2.24) is 0 Å². The van der Waals surface area contributed by atoms with E-state index in [1.165, 1.54) is 0 Å². The summed E-state index contributed by atoms with van der Waals surface area (Å²) in [5, 5.41) is 9.29. The van der Waals surface area contributed by atoms with Gasteiger partial charge in [-0.2, -0.15) is 0 Å². The predicted molar refractivity (Wildman–Crippen MR) is 43.8 cm³/mol. The van der Waals surface area contributed by atoms with Crippen molar-refractivity contribution in [2.24, 2.45) is 11.7 Å². The Morgan fingerprint density at radius 2 is 2.20 bits per heavy atom. The Kier molecular flexibility index (Phi) is 5.03. The fourth-order valence-electron chi connectivity index (χ4n) is 0.872. The third kappa shape index (κ3) is 2.87. The summed E-state index contributed by atoms with van der Waals surface area (Å²) in [5.74, 6) is 0.618. The second-order valence-corrected chi connectivity index (χ2v) is 2.38. The van der Waals surface area contributed by atoms with E-state index in [4.69, 9.17) is 5.73 Å². The number of aliphatic hydroxyl groups is 1. The van der Waals surface area contributed by atoms with Crippen LogP contribution in [0.4, 0.5) is 0 Å². The fourth-order valence-corrected chi connectivity index (χ4v) is 0.872. The molecule has 0 aliphatic carbocycles. The Morgan fingerprint density at radius 1 is 1.60 bits per heavy atom. The summed E-state index contributed by atoms with van der Waals surface area (Å²) in [7, 11) is 0. The third-order valence-corrected chi connectivity index (χ3v) is 1.61. The van der Waals surface area contributed by atoms with Crippen LogP contribution in [0, 0.1) is 5.92 Å². The van der Waals surface area contributed by atoms with E-state index in [1.54, 1.807) is 0 Å². The van der Waals surface area contributed by atoms with E-state index in [1.807, 2.05) is 19.9 Å². The summed E-state index contributed by atoms with van der Waals surface area (Å²) in [5.41, 5.74) is 5.41. The first-order valence-electron chi connectivity index (χ1n) is 3.85. The minimum atomic E-state index is 0.167. The Labute approximate surface area is 62.7 Å². The van der Waals surface area contributed by atoms with Crippen molar-refractivity contribution in [3.05, 3.63) is 11.8 Å². The van der Waals surface area contributed by atoms with E-state index in [2.05, 4.69) is 0 Å². The van der Waals surface area contributed by atoms with Gasteiger partial charge in [0.2, 0.25) is 0 Å². The lowest BCUT2D eigenvalue weighted by atomic mass is 10.0. The van der Waals surface area contributed by atoms with Crippen LogP contribution in [0.5, 0.6) is 0 Å². The first-order chi connectivity index (χ1) is 4.76. The average Bonchev–Trinajstić information content (AvgIpc) is 1.91. The maximum Gasteiger partial charge on any atom is 0.0926 e. The van der Waals surface area contributed by atoms with E-state index in [-0.39, 0.29) is 5.92 Å². The molecule has 3 N–H and O–H groups in total. The lowest BCUT2D eigenvalue weighted by Crippen LogP contribution is -2.15. The first-order valence-corrected chi connectivity index (χ1v) is 3.85. The summed E-state index contributed by atoms with van der Waals surface area (Å²) >= 11 is 0. The van der Waals surface area contributed by atoms with Gasteiger partial charge in [-0.3, -0.25) is 0 Å². The lowest BCUT2D eigenvalue weighted by molar-refractivity contribution is 0.325. The molecule has 60 valence electrons. The van der Waals surface area contributed by atoms with E-state index in [0.29, 0.717) is 12.3 Å². The monoisotopic (exact) mass is 143 g/mol. The number of nitrogens with two attached hydrogens (primary N) is 1. The van der Waals surface area contributed by atoms with Gasteiger partial charge in [-0.25, -0.2) is 0 Å².